The van der Waals surface area contributed by atoms with Gasteiger partial charge in [0, 0.05) is 6.54 Å². The van der Waals surface area contributed by atoms with Gasteiger partial charge in [-0.25, -0.2) is 0 Å². The number of aromatic nitrogens is 2. The van der Waals surface area contributed by atoms with Gasteiger partial charge < -0.3 is 10.2 Å². The summed E-state index contributed by atoms with van der Waals surface area (Å²) >= 11 is 6.71. The molecule has 5 nitrogen and oxygen atoms in total. The molecule has 0 aromatic carbocycles. The number of likely N-dealkylation sites (tertiary alicyclic amines) is 1. The lowest BCUT2D eigenvalue weighted by Gasteiger charge is -2.13. The average molecular weight is 275 g/mol. The molecule has 1 aromatic rings. The summed E-state index contributed by atoms with van der Waals surface area (Å²) in [5, 5.41) is 10.4. The molecule has 1 N–H and O–H groups in total. The lowest BCUT2D eigenvalue weighted by molar-refractivity contribution is 0.0951. The Morgan fingerprint density at radius 1 is 1.41 bits per heavy atom. The summed E-state index contributed by atoms with van der Waals surface area (Å²) in [5.74, 6) is -0.184. The van der Waals surface area contributed by atoms with Crippen molar-refractivity contribution < 1.29 is 4.79 Å². The van der Waals surface area contributed by atoms with Crippen molar-refractivity contribution in [1.82, 2.24) is 20.4 Å². The first-order chi connectivity index (χ1) is 8.25. The molecule has 2 heterocycles. The van der Waals surface area contributed by atoms with E-state index < -0.39 is 0 Å². The quantitative estimate of drug-likeness (QED) is 0.825. The summed E-state index contributed by atoms with van der Waals surface area (Å²) in [7, 11) is 0. The molecule has 0 bridgehead atoms. The normalized spacial score (nSPS) is 16.3. The van der Waals surface area contributed by atoms with Gasteiger partial charge in [-0.05, 0) is 50.5 Å². The molecular weight excluding hydrogens is 260 g/mol. The minimum atomic E-state index is -0.184. The topological polar surface area (TPSA) is 58.1 Å². The number of carbonyl (C=O) groups is 1. The van der Waals surface area contributed by atoms with Crippen LogP contribution in [-0.4, -0.2) is 47.2 Å². The molecule has 0 saturated carbocycles. The van der Waals surface area contributed by atoms with E-state index in [1.54, 1.807) is 0 Å². The molecule has 0 spiro atoms. The van der Waals surface area contributed by atoms with Gasteiger partial charge in [0.05, 0.1) is 0 Å². The zero-order chi connectivity index (χ0) is 12.1. The maximum Gasteiger partial charge on any atom is 0.282 e. The fourth-order valence-corrected chi connectivity index (χ4v) is 2.63. The molecule has 0 atom stereocenters. The summed E-state index contributed by atoms with van der Waals surface area (Å²) in [5.41, 5.74) is 0. The highest BCUT2D eigenvalue weighted by Crippen LogP contribution is 2.14. The molecule has 17 heavy (non-hydrogen) atoms. The summed E-state index contributed by atoms with van der Waals surface area (Å²) in [6.07, 6.45) is 3.57. The zero-order valence-corrected chi connectivity index (χ0v) is 11.1. The predicted molar refractivity (Wildman–Crippen MR) is 67.5 cm³/mol. The molecule has 1 fully saturated rings. The SMILES string of the molecule is O=C(NCCCN1CCCC1)c1nnc(Cl)s1. The first-order valence-corrected chi connectivity index (χ1v) is 6.95. The van der Waals surface area contributed by atoms with E-state index in [-0.39, 0.29) is 5.91 Å². The maximum atomic E-state index is 11.6. The lowest BCUT2D eigenvalue weighted by atomic mass is 10.4. The Labute approximate surface area is 109 Å². The Morgan fingerprint density at radius 2 is 2.18 bits per heavy atom. The summed E-state index contributed by atoms with van der Waals surface area (Å²) in [6.45, 7) is 4.11. The van der Waals surface area contributed by atoms with E-state index in [9.17, 15) is 4.79 Å². The Bertz CT molecular complexity index is 378. The van der Waals surface area contributed by atoms with Crippen molar-refractivity contribution in [2.75, 3.05) is 26.2 Å². The van der Waals surface area contributed by atoms with Crippen LogP contribution in [0.4, 0.5) is 0 Å². The van der Waals surface area contributed by atoms with Crippen molar-refractivity contribution >= 4 is 28.8 Å². The highest BCUT2D eigenvalue weighted by Gasteiger charge is 2.12. The summed E-state index contributed by atoms with van der Waals surface area (Å²) in [6, 6.07) is 0. The van der Waals surface area contributed by atoms with Gasteiger partial charge in [-0.2, -0.15) is 0 Å². The molecular formula is C10H15ClN4OS. The van der Waals surface area contributed by atoms with Gasteiger partial charge in [0.2, 0.25) is 9.47 Å². The number of rotatable bonds is 5. The zero-order valence-electron chi connectivity index (χ0n) is 9.49. The molecule has 0 unspecified atom stereocenters. The lowest BCUT2D eigenvalue weighted by Crippen LogP contribution is -2.28. The molecule has 1 saturated heterocycles. The van der Waals surface area contributed by atoms with E-state index in [2.05, 4.69) is 20.4 Å². The van der Waals surface area contributed by atoms with E-state index in [4.69, 9.17) is 11.6 Å². The second-order valence-corrected chi connectivity index (χ2v) is 5.58. The fraction of sp³-hybridized carbons (Fsp3) is 0.700. The average Bonchev–Trinajstić information content (AvgIpc) is 2.95. The van der Waals surface area contributed by atoms with Gasteiger partial charge in [0.1, 0.15) is 0 Å². The Kier molecular flexibility index (Phi) is 4.70. The summed E-state index contributed by atoms with van der Waals surface area (Å²) in [4.78, 5) is 14.0. The first kappa shape index (κ1) is 12.7. The minimum absolute atomic E-state index is 0.184. The van der Waals surface area contributed by atoms with E-state index in [1.807, 2.05) is 0 Å². The van der Waals surface area contributed by atoms with Crippen LogP contribution in [0.5, 0.6) is 0 Å². The fourth-order valence-electron chi connectivity index (χ4n) is 1.88. The number of nitrogens with zero attached hydrogens (tertiary/aromatic N) is 3. The molecule has 1 aromatic heterocycles. The van der Waals surface area contributed by atoms with E-state index >= 15 is 0 Å². The van der Waals surface area contributed by atoms with Gasteiger partial charge in [0.25, 0.3) is 5.91 Å². The van der Waals surface area contributed by atoms with Gasteiger partial charge in [0.15, 0.2) is 0 Å². The molecule has 0 aliphatic carbocycles. The van der Waals surface area contributed by atoms with Crippen LogP contribution in [0.2, 0.25) is 4.47 Å². The van der Waals surface area contributed by atoms with Crippen LogP contribution in [0.3, 0.4) is 0 Å². The molecule has 1 aliphatic heterocycles. The number of carbonyl (C=O) groups excluding carboxylic acids is 1. The van der Waals surface area contributed by atoms with Crippen LogP contribution in [0.1, 0.15) is 29.1 Å². The number of hydrogen-bond acceptors (Lipinski definition) is 5. The van der Waals surface area contributed by atoms with Gasteiger partial charge in [-0.3, -0.25) is 4.79 Å². The minimum Gasteiger partial charge on any atom is -0.350 e. The first-order valence-electron chi connectivity index (χ1n) is 5.75. The Morgan fingerprint density at radius 3 is 2.82 bits per heavy atom. The third kappa shape index (κ3) is 3.90. The van der Waals surface area contributed by atoms with E-state index in [0.717, 1.165) is 24.3 Å². The third-order valence-corrected chi connectivity index (χ3v) is 3.75. The standard InChI is InChI=1S/C10H15ClN4OS/c11-10-14-13-9(17-10)8(16)12-4-3-7-15-5-1-2-6-15/h1-7H2,(H,12,16). The molecule has 1 aliphatic rings. The smallest absolute Gasteiger partial charge is 0.282 e. The Hall–Kier alpha value is -0.720. The van der Waals surface area contributed by atoms with Crippen LogP contribution in [0, 0.1) is 0 Å². The van der Waals surface area contributed by atoms with Gasteiger partial charge in [-0.1, -0.05) is 11.3 Å². The van der Waals surface area contributed by atoms with Crippen molar-refractivity contribution in [3.8, 4) is 0 Å². The predicted octanol–water partition coefficient (Wildman–Crippen LogP) is 1.41. The van der Waals surface area contributed by atoms with Crippen LogP contribution in [-0.2, 0) is 0 Å². The molecule has 94 valence electrons. The monoisotopic (exact) mass is 274 g/mol. The second kappa shape index (κ2) is 6.28. The van der Waals surface area contributed by atoms with Crippen LogP contribution in [0.25, 0.3) is 0 Å². The number of halogens is 1. The van der Waals surface area contributed by atoms with Crippen molar-refractivity contribution in [3.05, 3.63) is 9.47 Å². The molecule has 0 radical (unpaired) electrons. The maximum absolute atomic E-state index is 11.6. The Balaban J connectivity index is 1.63. The van der Waals surface area contributed by atoms with Crippen molar-refractivity contribution in [2.45, 2.75) is 19.3 Å². The van der Waals surface area contributed by atoms with Crippen LogP contribution >= 0.6 is 22.9 Å². The van der Waals surface area contributed by atoms with Gasteiger partial charge >= 0.3 is 0 Å². The van der Waals surface area contributed by atoms with Crippen molar-refractivity contribution in [3.63, 3.8) is 0 Å². The van der Waals surface area contributed by atoms with E-state index in [0.29, 0.717) is 16.0 Å². The molecule has 7 heteroatoms. The van der Waals surface area contributed by atoms with Crippen molar-refractivity contribution in [1.29, 1.82) is 0 Å². The third-order valence-electron chi connectivity index (χ3n) is 2.73. The second-order valence-electron chi connectivity index (χ2n) is 4.02. The highest BCUT2D eigenvalue weighted by molar-refractivity contribution is 7.17. The number of nitrogens with one attached hydrogen (secondary N) is 1. The number of hydrogen-bond donors (Lipinski definition) is 1. The number of amides is 1. The molecule has 1 amide bonds. The van der Waals surface area contributed by atoms with Crippen LogP contribution in [0.15, 0.2) is 0 Å². The largest absolute Gasteiger partial charge is 0.350 e. The van der Waals surface area contributed by atoms with Crippen molar-refractivity contribution in [2.24, 2.45) is 0 Å². The molecule has 2 rings (SSSR count). The van der Waals surface area contributed by atoms with Gasteiger partial charge in [-0.15, -0.1) is 10.2 Å². The summed E-state index contributed by atoms with van der Waals surface area (Å²) < 4.78 is 0.298. The highest BCUT2D eigenvalue weighted by atomic mass is 35.5. The van der Waals surface area contributed by atoms with Crippen LogP contribution < -0.4 is 5.32 Å². The van der Waals surface area contributed by atoms with E-state index in [1.165, 1.54) is 25.9 Å².